The molecule has 2 aromatic heterocycles. The van der Waals surface area contributed by atoms with Gasteiger partial charge in [-0.3, -0.25) is 14.2 Å². The van der Waals surface area contributed by atoms with Crippen LogP contribution in [0.25, 0.3) is 10.2 Å². The van der Waals surface area contributed by atoms with E-state index in [1.54, 1.807) is 11.7 Å². The van der Waals surface area contributed by atoms with Gasteiger partial charge in [-0.15, -0.1) is 11.3 Å². The first-order chi connectivity index (χ1) is 14.2. The molecule has 0 spiro atoms. The van der Waals surface area contributed by atoms with Crippen LogP contribution in [0.2, 0.25) is 0 Å². The first-order valence-corrected chi connectivity index (χ1v) is 11.5. The lowest BCUT2D eigenvalue weighted by molar-refractivity contribution is -0.129. The minimum Gasteiger partial charge on any atom is -0.496 e. The Labute approximate surface area is 177 Å². The van der Waals surface area contributed by atoms with Crippen molar-refractivity contribution < 1.29 is 9.53 Å². The van der Waals surface area contributed by atoms with Gasteiger partial charge in [-0.2, -0.15) is 0 Å². The Morgan fingerprint density at radius 3 is 2.79 bits per heavy atom. The van der Waals surface area contributed by atoms with Gasteiger partial charge < -0.3 is 9.64 Å². The van der Waals surface area contributed by atoms with Crippen LogP contribution in [0.4, 0.5) is 0 Å². The maximum Gasteiger partial charge on any atom is 0.272 e. The number of nitrogens with zero attached hydrogens (tertiary/aromatic N) is 3. The Balaban J connectivity index is 1.64. The SMILES string of the molecule is COc1ccccc1Cn1c(SCC(=O)N2CCCCC2)nc2ccsc2c1=O. The van der Waals surface area contributed by atoms with Gasteiger partial charge in [0, 0.05) is 18.7 Å². The van der Waals surface area contributed by atoms with Gasteiger partial charge in [-0.25, -0.2) is 4.98 Å². The fraction of sp³-hybridized carbons (Fsp3) is 0.381. The monoisotopic (exact) mass is 429 g/mol. The van der Waals surface area contributed by atoms with Gasteiger partial charge in [-0.1, -0.05) is 30.0 Å². The first kappa shape index (κ1) is 20.0. The van der Waals surface area contributed by atoms with Crippen molar-refractivity contribution in [2.75, 3.05) is 26.0 Å². The second kappa shape index (κ2) is 9.00. The molecule has 0 radical (unpaired) electrons. The van der Waals surface area contributed by atoms with E-state index in [4.69, 9.17) is 4.74 Å². The molecule has 0 bridgehead atoms. The molecular weight excluding hydrogens is 406 g/mol. The average molecular weight is 430 g/mol. The lowest BCUT2D eigenvalue weighted by Gasteiger charge is -2.26. The summed E-state index contributed by atoms with van der Waals surface area (Å²) < 4.78 is 7.74. The van der Waals surface area contributed by atoms with Crippen LogP contribution in [0.1, 0.15) is 24.8 Å². The molecule has 1 aliphatic heterocycles. The summed E-state index contributed by atoms with van der Waals surface area (Å²) in [6, 6.07) is 9.50. The molecule has 0 unspecified atom stereocenters. The van der Waals surface area contributed by atoms with Crippen molar-refractivity contribution in [3.63, 3.8) is 0 Å². The molecule has 0 saturated carbocycles. The lowest BCUT2D eigenvalue weighted by atomic mass is 10.1. The quantitative estimate of drug-likeness (QED) is 0.442. The number of thioether (sulfide) groups is 1. The van der Waals surface area contributed by atoms with Gasteiger partial charge in [0.25, 0.3) is 5.56 Å². The normalized spacial score (nSPS) is 14.3. The molecule has 3 heterocycles. The molecular formula is C21H23N3O3S2. The molecule has 152 valence electrons. The zero-order valence-electron chi connectivity index (χ0n) is 16.3. The Bertz CT molecular complexity index is 1070. The van der Waals surface area contributed by atoms with E-state index in [-0.39, 0.29) is 17.2 Å². The smallest absolute Gasteiger partial charge is 0.272 e. The van der Waals surface area contributed by atoms with Gasteiger partial charge in [0.1, 0.15) is 10.4 Å². The number of rotatable bonds is 6. The number of para-hydroxylation sites is 1. The number of aromatic nitrogens is 2. The summed E-state index contributed by atoms with van der Waals surface area (Å²) in [6.07, 6.45) is 3.31. The Morgan fingerprint density at radius 2 is 2.00 bits per heavy atom. The third-order valence-electron chi connectivity index (χ3n) is 5.09. The van der Waals surface area contributed by atoms with Crippen molar-refractivity contribution in [2.45, 2.75) is 31.0 Å². The topological polar surface area (TPSA) is 64.4 Å². The first-order valence-electron chi connectivity index (χ1n) is 9.68. The second-order valence-electron chi connectivity index (χ2n) is 6.96. The molecule has 29 heavy (non-hydrogen) atoms. The summed E-state index contributed by atoms with van der Waals surface area (Å²) in [5.41, 5.74) is 1.51. The highest BCUT2D eigenvalue weighted by molar-refractivity contribution is 7.99. The molecule has 8 heteroatoms. The third kappa shape index (κ3) is 4.33. The number of carbonyl (C=O) groups is 1. The zero-order valence-corrected chi connectivity index (χ0v) is 17.9. The van der Waals surface area contributed by atoms with Crippen molar-refractivity contribution in [1.29, 1.82) is 0 Å². The van der Waals surface area contributed by atoms with E-state index in [1.807, 2.05) is 40.6 Å². The molecule has 1 fully saturated rings. The van der Waals surface area contributed by atoms with E-state index < -0.39 is 0 Å². The fourth-order valence-electron chi connectivity index (χ4n) is 3.54. The van der Waals surface area contributed by atoms with Crippen LogP contribution < -0.4 is 10.3 Å². The minimum atomic E-state index is -0.0798. The second-order valence-corrected chi connectivity index (χ2v) is 8.82. The molecule has 1 aliphatic rings. The number of benzene rings is 1. The summed E-state index contributed by atoms with van der Waals surface area (Å²) in [5, 5.41) is 2.44. The predicted octanol–water partition coefficient (Wildman–Crippen LogP) is 3.62. The number of piperidine rings is 1. The molecule has 1 saturated heterocycles. The summed E-state index contributed by atoms with van der Waals surface area (Å²) in [6.45, 7) is 2.00. The number of amides is 1. The van der Waals surface area contributed by atoms with Crippen molar-refractivity contribution in [2.24, 2.45) is 0 Å². The van der Waals surface area contributed by atoms with Crippen LogP contribution in [0.3, 0.4) is 0 Å². The lowest BCUT2D eigenvalue weighted by Crippen LogP contribution is -2.37. The molecule has 4 rings (SSSR count). The van der Waals surface area contributed by atoms with Gasteiger partial charge in [0.2, 0.25) is 5.91 Å². The van der Waals surface area contributed by atoms with Crippen LogP contribution in [-0.4, -0.2) is 46.3 Å². The number of thiophene rings is 1. The van der Waals surface area contributed by atoms with Crippen molar-refractivity contribution in [3.8, 4) is 5.75 Å². The Morgan fingerprint density at radius 1 is 1.21 bits per heavy atom. The van der Waals surface area contributed by atoms with E-state index in [2.05, 4.69) is 4.98 Å². The number of hydrogen-bond acceptors (Lipinski definition) is 6. The zero-order chi connectivity index (χ0) is 20.2. The maximum atomic E-state index is 13.1. The van der Waals surface area contributed by atoms with Gasteiger partial charge in [0.05, 0.1) is 24.9 Å². The van der Waals surface area contributed by atoms with Gasteiger partial charge >= 0.3 is 0 Å². The highest BCUT2D eigenvalue weighted by Crippen LogP contribution is 2.25. The van der Waals surface area contributed by atoms with Crippen LogP contribution in [0, 0.1) is 0 Å². The van der Waals surface area contributed by atoms with E-state index in [9.17, 15) is 9.59 Å². The fourth-order valence-corrected chi connectivity index (χ4v) is 5.22. The van der Waals surface area contributed by atoms with Crippen molar-refractivity contribution in [3.05, 3.63) is 51.6 Å². The average Bonchev–Trinajstić information content (AvgIpc) is 3.24. The summed E-state index contributed by atoms with van der Waals surface area (Å²) >= 11 is 2.73. The van der Waals surface area contributed by atoms with Gasteiger partial charge in [0.15, 0.2) is 5.16 Å². The minimum absolute atomic E-state index is 0.0798. The van der Waals surface area contributed by atoms with E-state index in [0.29, 0.717) is 21.9 Å². The van der Waals surface area contributed by atoms with Crippen molar-refractivity contribution >= 4 is 39.2 Å². The molecule has 1 aromatic carbocycles. The van der Waals surface area contributed by atoms with E-state index in [1.165, 1.54) is 29.5 Å². The third-order valence-corrected chi connectivity index (χ3v) is 6.94. The van der Waals surface area contributed by atoms with Crippen LogP contribution in [-0.2, 0) is 11.3 Å². The molecule has 6 nitrogen and oxygen atoms in total. The number of carbonyl (C=O) groups excluding carboxylic acids is 1. The Hall–Kier alpha value is -2.32. The largest absolute Gasteiger partial charge is 0.496 e. The summed E-state index contributed by atoms with van der Waals surface area (Å²) in [7, 11) is 1.62. The summed E-state index contributed by atoms with van der Waals surface area (Å²) in [4.78, 5) is 32.4. The molecule has 0 N–H and O–H groups in total. The van der Waals surface area contributed by atoms with Crippen molar-refractivity contribution in [1.82, 2.24) is 14.5 Å². The number of fused-ring (bicyclic) bond motifs is 1. The number of methoxy groups -OCH3 is 1. The van der Waals surface area contributed by atoms with Gasteiger partial charge in [-0.05, 0) is 36.8 Å². The highest BCUT2D eigenvalue weighted by atomic mass is 32.2. The number of hydrogen-bond donors (Lipinski definition) is 0. The summed E-state index contributed by atoms with van der Waals surface area (Å²) in [5.74, 6) is 1.12. The predicted molar refractivity (Wildman–Crippen MR) is 117 cm³/mol. The number of ether oxygens (including phenoxy) is 1. The van der Waals surface area contributed by atoms with E-state index >= 15 is 0 Å². The molecule has 3 aromatic rings. The molecule has 1 amide bonds. The van der Waals surface area contributed by atoms with Crippen LogP contribution in [0.5, 0.6) is 5.75 Å². The standard InChI is InChI=1S/C21H23N3O3S2/c1-27-17-8-4-3-7-15(17)13-24-20(26)19-16(9-12-28-19)22-21(24)29-14-18(25)23-10-5-2-6-11-23/h3-4,7-9,12H,2,5-6,10-11,13-14H2,1H3. The maximum absolute atomic E-state index is 13.1. The van der Waals surface area contributed by atoms with Crippen LogP contribution in [0.15, 0.2) is 45.7 Å². The highest BCUT2D eigenvalue weighted by Gasteiger charge is 2.19. The molecule has 0 aliphatic carbocycles. The van der Waals surface area contributed by atoms with E-state index in [0.717, 1.165) is 37.2 Å². The molecule has 0 atom stereocenters. The van der Waals surface area contributed by atoms with Crippen LogP contribution >= 0.6 is 23.1 Å². The Kier molecular flexibility index (Phi) is 6.20. The number of likely N-dealkylation sites (tertiary alicyclic amines) is 1.